The number of nitrogens with zero attached hydrogens (tertiary/aromatic N) is 2. The first-order chi connectivity index (χ1) is 16.8. The molecule has 1 aromatic heterocycles. The van der Waals surface area contributed by atoms with Gasteiger partial charge < -0.3 is 14.8 Å². The van der Waals surface area contributed by atoms with Crippen molar-refractivity contribution in [2.75, 3.05) is 12.0 Å². The molecule has 1 saturated heterocycles. The highest BCUT2D eigenvalue weighted by atomic mass is 35.5. The number of aliphatic hydroxyl groups excluding tert-OH is 1. The lowest BCUT2D eigenvalue weighted by Gasteiger charge is -2.23. The topological polar surface area (TPSA) is 95.5 Å². The first-order valence-corrected chi connectivity index (χ1v) is 11.1. The molecular formula is C25H16Cl2FN3O4. The van der Waals surface area contributed by atoms with Gasteiger partial charge in [-0.15, -0.1) is 0 Å². The number of aliphatic hydroxyl groups is 1. The Hall–Kier alpha value is -3.88. The Balaban J connectivity index is 1.77. The van der Waals surface area contributed by atoms with E-state index in [1.165, 1.54) is 37.4 Å². The van der Waals surface area contributed by atoms with E-state index in [1.54, 1.807) is 30.3 Å². The number of anilines is 1. The van der Waals surface area contributed by atoms with E-state index < -0.39 is 29.3 Å². The molecule has 10 heteroatoms. The second-order valence-corrected chi connectivity index (χ2v) is 8.61. The van der Waals surface area contributed by atoms with Crippen LogP contribution in [0, 0.1) is 5.82 Å². The predicted molar refractivity (Wildman–Crippen MR) is 130 cm³/mol. The fourth-order valence-corrected chi connectivity index (χ4v) is 4.74. The molecule has 5 rings (SSSR count). The van der Waals surface area contributed by atoms with Crippen LogP contribution in [-0.4, -0.2) is 33.9 Å². The van der Waals surface area contributed by atoms with E-state index in [9.17, 15) is 19.1 Å². The Kier molecular flexibility index (Phi) is 5.70. The summed E-state index contributed by atoms with van der Waals surface area (Å²) in [5.74, 6) is -2.75. The number of Topliss-reactive ketones (excluding diaryl/α,β-unsaturated/α-hetero) is 1. The SMILES string of the molecule is COc1c(Cl)cc(Cl)cc1/C(O)=C1\C(=O)C(=O)N(c2nc3ccc(F)cc3[nH]2)C1c1ccccc1. The number of hydrogen-bond donors (Lipinski definition) is 2. The molecular weight excluding hydrogens is 496 g/mol. The van der Waals surface area contributed by atoms with E-state index in [-0.39, 0.29) is 32.9 Å². The Bertz CT molecular complexity index is 1530. The van der Waals surface area contributed by atoms with Gasteiger partial charge >= 0.3 is 5.91 Å². The van der Waals surface area contributed by atoms with Gasteiger partial charge in [-0.1, -0.05) is 53.5 Å². The zero-order valence-corrected chi connectivity index (χ0v) is 19.6. The normalized spacial score (nSPS) is 17.4. The Morgan fingerprint density at radius 2 is 1.86 bits per heavy atom. The number of aromatic nitrogens is 2. The second kappa shape index (κ2) is 8.72. The number of ketones is 1. The van der Waals surface area contributed by atoms with Crippen LogP contribution in [0.1, 0.15) is 17.2 Å². The molecule has 176 valence electrons. The molecule has 2 heterocycles. The van der Waals surface area contributed by atoms with Crippen molar-refractivity contribution in [1.29, 1.82) is 0 Å². The molecule has 3 aromatic carbocycles. The number of carbonyl (C=O) groups is 2. The summed E-state index contributed by atoms with van der Waals surface area (Å²) < 4.78 is 19.1. The number of ether oxygens (including phenoxy) is 1. The van der Waals surface area contributed by atoms with Crippen LogP contribution in [0.4, 0.5) is 10.3 Å². The van der Waals surface area contributed by atoms with Crippen LogP contribution in [0.25, 0.3) is 16.8 Å². The Morgan fingerprint density at radius 3 is 2.57 bits per heavy atom. The molecule has 4 aromatic rings. The van der Waals surface area contributed by atoms with Crippen LogP contribution >= 0.6 is 23.2 Å². The highest BCUT2D eigenvalue weighted by molar-refractivity contribution is 6.51. The van der Waals surface area contributed by atoms with Gasteiger partial charge in [0.05, 0.1) is 40.3 Å². The van der Waals surface area contributed by atoms with Crippen LogP contribution in [0.5, 0.6) is 5.75 Å². The number of halogens is 3. The third-order valence-corrected chi connectivity index (χ3v) is 6.19. The number of H-pyrrole nitrogens is 1. The average Bonchev–Trinajstić information content (AvgIpc) is 3.36. The Morgan fingerprint density at radius 1 is 1.11 bits per heavy atom. The molecule has 0 radical (unpaired) electrons. The molecule has 0 aliphatic carbocycles. The van der Waals surface area contributed by atoms with Gasteiger partial charge in [0, 0.05) is 5.02 Å². The molecule has 0 bridgehead atoms. The van der Waals surface area contributed by atoms with Gasteiger partial charge in [0.25, 0.3) is 5.78 Å². The summed E-state index contributed by atoms with van der Waals surface area (Å²) in [7, 11) is 1.35. The molecule has 1 unspecified atom stereocenters. The largest absolute Gasteiger partial charge is 0.507 e. The van der Waals surface area contributed by atoms with Crippen LogP contribution in [-0.2, 0) is 9.59 Å². The first-order valence-electron chi connectivity index (χ1n) is 10.3. The van der Waals surface area contributed by atoms with Crippen molar-refractivity contribution in [3.63, 3.8) is 0 Å². The lowest BCUT2D eigenvalue weighted by atomic mass is 9.95. The number of hydrogen-bond acceptors (Lipinski definition) is 5. The summed E-state index contributed by atoms with van der Waals surface area (Å²) in [5.41, 5.74) is 1.13. The van der Waals surface area contributed by atoms with Crippen molar-refractivity contribution in [2.24, 2.45) is 0 Å². The van der Waals surface area contributed by atoms with Crippen molar-refractivity contribution >= 4 is 57.6 Å². The maximum absolute atomic E-state index is 13.7. The molecule has 1 aliphatic rings. The van der Waals surface area contributed by atoms with Crippen LogP contribution in [0.2, 0.25) is 10.0 Å². The van der Waals surface area contributed by atoms with Crippen LogP contribution in [0.15, 0.2) is 66.2 Å². The number of amides is 1. The van der Waals surface area contributed by atoms with Crippen LogP contribution in [0.3, 0.4) is 0 Å². The van der Waals surface area contributed by atoms with Gasteiger partial charge in [0.15, 0.2) is 0 Å². The summed E-state index contributed by atoms with van der Waals surface area (Å²) in [4.78, 5) is 35.0. The number of carbonyl (C=O) groups excluding carboxylic acids is 2. The lowest BCUT2D eigenvalue weighted by Crippen LogP contribution is -2.30. The van der Waals surface area contributed by atoms with Crippen LogP contribution < -0.4 is 9.64 Å². The minimum absolute atomic E-state index is 0.0247. The van der Waals surface area contributed by atoms with Crippen molar-refractivity contribution in [3.05, 3.63) is 93.2 Å². The fraction of sp³-hybridized carbons (Fsp3) is 0.0800. The zero-order valence-electron chi connectivity index (χ0n) is 18.1. The standard InChI is InChI=1S/C25H16Cl2FN3O4/c1-35-23-15(9-13(26)10-16(23)27)21(32)19-20(12-5-3-2-4-6-12)31(24(34)22(19)33)25-29-17-8-7-14(28)11-18(17)30-25/h2-11,20,32H,1H3,(H,29,30)/b21-19+. The summed E-state index contributed by atoms with van der Waals surface area (Å²) in [6.45, 7) is 0. The predicted octanol–water partition coefficient (Wildman–Crippen LogP) is 5.64. The maximum Gasteiger partial charge on any atom is 0.302 e. The number of fused-ring (bicyclic) bond motifs is 1. The minimum Gasteiger partial charge on any atom is -0.507 e. The molecule has 7 nitrogen and oxygen atoms in total. The van der Waals surface area contributed by atoms with Crippen molar-refractivity contribution in [1.82, 2.24) is 9.97 Å². The Labute approximate surface area is 208 Å². The average molecular weight is 512 g/mol. The molecule has 0 spiro atoms. The third kappa shape index (κ3) is 3.80. The minimum atomic E-state index is -1.05. The number of benzene rings is 3. The molecule has 1 amide bonds. The molecule has 1 fully saturated rings. The second-order valence-electron chi connectivity index (χ2n) is 7.77. The number of nitrogens with one attached hydrogen (secondary N) is 1. The molecule has 1 aliphatic heterocycles. The summed E-state index contributed by atoms with van der Waals surface area (Å²) >= 11 is 12.4. The number of rotatable bonds is 4. The molecule has 1 atom stereocenters. The van der Waals surface area contributed by atoms with E-state index in [0.717, 1.165) is 4.90 Å². The highest BCUT2D eigenvalue weighted by Crippen LogP contribution is 2.44. The van der Waals surface area contributed by atoms with Gasteiger partial charge in [-0.05, 0) is 35.9 Å². The number of aromatic amines is 1. The summed E-state index contributed by atoms with van der Waals surface area (Å²) in [6.07, 6.45) is 0. The van der Waals surface area contributed by atoms with Gasteiger partial charge in [0.1, 0.15) is 17.3 Å². The molecule has 35 heavy (non-hydrogen) atoms. The van der Waals surface area contributed by atoms with E-state index >= 15 is 0 Å². The maximum atomic E-state index is 13.7. The van der Waals surface area contributed by atoms with E-state index in [4.69, 9.17) is 27.9 Å². The van der Waals surface area contributed by atoms with Crippen molar-refractivity contribution < 1.29 is 23.8 Å². The smallest absolute Gasteiger partial charge is 0.302 e. The lowest BCUT2D eigenvalue weighted by molar-refractivity contribution is -0.132. The summed E-state index contributed by atoms with van der Waals surface area (Å²) in [6, 6.07) is 14.4. The van der Waals surface area contributed by atoms with Crippen molar-refractivity contribution in [3.8, 4) is 5.75 Å². The first kappa shape index (κ1) is 22.9. The zero-order chi connectivity index (χ0) is 24.9. The van der Waals surface area contributed by atoms with E-state index in [1.807, 2.05) is 0 Å². The van der Waals surface area contributed by atoms with E-state index in [2.05, 4.69) is 9.97 Å². The van der Waals surface area contributed by atoms with Crippen molar-refractivity contribution in [2.45, 2.75) is 6.04 Å². The van der Waals surface area contributed by atoms with Gasteiger partial charge in [-0.2, -0.15) is 0 Å². The van der Waals surface area contributed by atoms with Gasteiger partial charge in [0.2, 0.25) is 5.95 Å². The van der Waals surface area contributed by atoms with Gasteiger partial charge in [-0.3, -0.25) is 14.5 Å². The quantitative estimate of drug-likeness (QED) is 0.210. The van der Waals surface area contributed by atoms with E-state index in [0.29, 0.717) is 16.6 Å². The summed E-state index contributed by atoms with van der Waals surface area (Å²) in [5, 5.41) is 11.7. The monoisotopic (exact) mass is 511 g/mol. The van der Waals surface area contributed by atoms with Gasteiger partial charge in [-0.25, -0.2) is 9.37 Å². The molecule has 2 N–H and O–H groups in total. The highest BCUT2D eigenvalue weighted by Gasteiger charge is 2.48. The number of methoxy groups -OCH3 is 1. The third-order valence-electron chi connectivity index (χ3n) is 5.69. The molecule has 0 saturated carbocycles. The fourth-order valence-electron chi connectivity index (χ4n) is 4.17. The number of imidazole rings is 1.